The zero-order valence-electron chi connectivity index (χ0n) is 13.2. The van der Waals surface area contributed by atoms with Gasteiger partial charge in [0.2, 0.25) is 0 Å². The highest BCUT2D eigenvalue weighted by Gasteiger charge is 2.11. The topological polar surface area (TPSA) is 72.4 Å². The average molecular weight is 337 g/mol. The minimum Gasteiger partial charge on any atom is -0.496 e. The first-order valence-corrected chi connectivity index (χ1v) is 7.16. The number of benzene rings is 1. The zero-order valence-corrected chi connectivity index (χ0v) is 13.2. The number of para-hydroxylation sites is 1. The Hall–Kier alpha value is -2.90. The second-order valence-electron chi connectivity index (χ2n) is 5.00. The third kappa shape index (κ3) is 4.09. The van der Waals surface area contributed by atoms with E-state index in [1.165, 1.54) is 23.8 Å². The van der Waals surface area contributed by atoms with Gasteiger partial charge in [0.1, 0.15) is 23.1 Å². The van der Waals surface area contributed by atoms with Crippen LogP contribution in [0.25, 0.3) is 0 Å². The summed E-state index contributed by atoms with van der Waals surface area (Å²) < 4.78 is 33.3. The molecule has 0 saturated heterocycles. The number of carbonyl (C=O) groups excluding carboxylic acids is 1. The molecule has 1 heterocycles. The maximum absolute atomic E-state index is 13.4. The fourth-order valence-electron chi connectivity index (χ4n) is 2.16. The second kappa shape index (κ2) is 7.58. The molecule has 1 aromatic carbocycles. The number of halogens is 2. The predicted octanol–water partition coefficient (Wildman–Crippen LogP) is 2.27. The van der Waals surface area contributed by atoms with Crippen molar-refractivity contribution in [3.8, 4) is 5.75 Å². The van der Waals surface area contributed by atoms with E-state index in [2.05, 4.69) is 10.6 Å². The van der Waals surface area contributed by atoms with E-state index in [1.54, 1.807) is 13.0 Å². The van der Waals surface area contributed by atoms with Crippen LogP contribution in [0.5, 0.6) is 5.75 Å². The molecule has 2 rings (SSSR count). The van der Waals surface area contributed by atoms with Crippen molar-refractivity contribution in [2.24, 2.45) is 0 Å². The van der Waals surface area contributed by atoms with Gasteiger partial charge >= 0.3 is 6.03 Å². The quantitative estimate of drug-likeness (QED) is 0.879. The largest absolute Gasteiger partial charge is 0.496 e. The third-order valence-electron chi connectivity index (χ3n) is 3.37. The van der Waals surface area contributed by atoms with Crippen molar-refractivity contribution in [3.63, 3.8) is 0 Å². The molecule has 0 fully saturated rings. The molecule has 0 atom stereocenters. The summed E-state index contributed by atoms with van der Waals surface area (Å²) in [7, 11) is 1.46. The number of hydrogen-bond acceptors (Lipinski definition) is 3. The van der Waals surface area contributed by atoms with Crippen LogP contribution in [0.15, 0.2) is 35.1 Å². The number of pyridine rings is 1. The summed E-state index contributed by atoms with van der Waals surface area (Å²) >= 11 is 0. The number of rotatable bonds is 5. The van der Waals surface area contributed by atoms with E-state index in [9.17, 15) is 18.4 Å². The molecule has 0 aliphatic heterocycles. The Kier molecular flexibility index (Phi) is 5.51. The number of nitrogens with one attached hydrogen (secondary N) is 2. The second-order valence-corrected chi connectivity index (χ2v) is 5.00. The van der Waals surface area contributed by atoms with Crippen molar-refractivity contribution in [2.45, 2.75) is 13.5 Å². The minimum absolute atomic E-state index is 0.106. The first-order chi connectivity index (χ1) is 11.4. The van der Waals surface area contributed by atoms with Gasteiger partial charge in [-0.25, -0.2) is 13.6 Å². The van der Waals surface area contributed by atoms with Crippen molar-refractivity contribution >= 4 is 11.7 Å². The van der Waals surface area contributed by atoms with Gasteiger partial charge in [0.15, 0.2) is 0 Å². The number of methoxy groups -OCH3 is 1. The third-order valence-corrected chi connectivity index (χ3v) is 3.37. The van der Waals surface area contributed by atoms with Crippen molar-refractivity contribution in [1.82, 2.24) is 9.88 Å². The summed E-state index contributed by atoms with van der Waals surface area (Å²) in [6.07, 6.45) is 0. The van der Waals surface area contributed by atoms with Crippen LogP contribution in [-0.2, 0) is 6.54 Å². The van der Waals surface area contributed by atoms with Gasteiger partial charge in [-0.1, -0.05) is 6.07 Å². The summed E-state index contributed by atoms with van der Waals surface area (Å²) in [5.41, 5.74) is -0.122. The minimum atomic E-state index is -0.868. The van der Waals surface area contributed by atoms with Gasteiger partial charge in [-0.15, -0.1) is 0 Å². The van der Waals surface area contributed by atoms with E-state index in [0.717, 1.165) is 12.1 Å². The average Bonchev–Trinajstić information content (AvgIpc) is 2.53. The van der Waals surface area contributed by atoms with Crippen LogP contribution in [0, 0.1) is 18.6 Å². The van der Waals surface area contributed by atoms with Gasteiger partial charge in [0.05, 0.1) is 7.11 Å². The SMILES string of the molecule is COc1cc(C)n(CCNC(=O)Nc2c(F)cccc2F)c(=O)c1. The molecular formula is C16H17F2N3O3. The molecule has 0 saturated carbocycles. The molecule has 8 heteroatoms. The maximum atomic E-state index is 13.4. The number of amides is 2. The summed E-state index contributed by atoms with van der Waals surface area (Å²) in [6, 6.07) is 5.54. The molecule has 6 nitrogen and oxygen atoms in total. The van der Waals surface area contributed by atoms with E-state index >= 15 is 0 Å². The molecule has 2 amide bonds. The molecule has 0 aliphatic carbocycles. The molecule has 0 unspecified atom stereocenters. The van der Waals surface area contributed by atoms with E-state index in [4.69, 9.17) is 4.74 Å². The highest BCUT2D eigenvalue weighted by Crippen LogP contribution is 2.17. The molecule has 2 N–H and O–H groups in total. The van der Waals surface area contributed by atoms with Gasteiger partial charge in [0, 0.05) is 24.8 Å². The van der Waals surface area contributed by atoms with Crippen LogP contribution in [0.3, 0.4) is 0 Å². The van der Waals surface area contributed by atoms with Crippen molar-refractivity contribution in [3.05, 3.63) is 58.0 Å². The molecule has 0 aliphatic rings. The van der Waals surface area contributed by atoms with Crippen LogP contribution in [0.4, 0.5) is 19.3 Å². The Morgan fingerprint density at radius 1 is 1.25 bits per heavy atom. The molecule has 1 aromatic heterocycles. The van der Waals surface area contributed by atoms with Crippen LogP contribution in [0.1, 0.15) is 5.69 Å². The van der Waals surface area contributed by atoms with Gasteiger partial charge < -0.3 is 19.9 Å². The van der Waals surface area contributed by atoms with Gasteiger partial charge in [-0.2, -0.15) is 0 Å². The standard InChI is InChI=1S/C16H17F2N3O3/c1-10-8-11(24-2)9-14(22)21(10)7-6-19-16(23)20-15-12(17)4-3-5-13(15)18/h3-5,8-9H,6-7H2,1-2H3,(H2,19,20,23). The van der Waals surface area contributed by atoms with Gasteiger partial charge in [-0.05, 0) is 25.1 Å². The molecular weight excluding hydrogens is 320 g/mol. The lowest BCUT2D eigenvalue weighted by Gasteiger charge is -2.13. The predicted molar refractivity (Wildman–Crippen MR) is 85.4 cm³/mol. The number of urea groups is 1. The normalized spacial score (nSPS) is 10.3. The van der Waals surface area contributed by atoms with Crippen LogP contribution >= 0.6 is 0 Å². The molecule has 0 bridgehead atoms. The summed E-state index contributed by atoms with van der Waals surface area (Å²) in [5, 5.41) is 4.55. The Morgan fingerprint density at radius 2 is 1.92 bits per heavy atom. The van der Waals surface area contributed by atoms with E-state index in [1.807, 2.05) is 0 Å². The molecule has 2 aromatic rings. The fourth-order valence-corrected chi connectivity index (χ4v) is 2.16. The van der Waals surface area contributed by atoms with Crippen LogP contribution < -0.4 is 20.9 Å². The maximum Gasteiger partial charge on any atom is 0.319 e. The number of aryl methyl sites for hydroxylation is 1. The lowest BCUT2D eigenvalue weighted by molar-refractivity contribution is 0.251. The van der Waals surface area contributed by atoms with Crippen molar-refractivity contribution in [1.29, 1.82) is 0 Å². The highest BCUT2D eigenvalue weighted by molar-refractivity contribution is 5.89. The van der Waals surface area contributed by atoms with E-state index in [-0.39, 0.29) is 18.6 Å². The Bertz CT molecular complexity index is 785. The number of anilines is 1. The first kappa shape index (κ1) is 17.5. The van der Waals surface area contributed by atoms with Crippen LogP contribution in [-0.4, -0.2) is 24.3 Å². The Balaban J connectivity index is 1.95. The number of ether oxygens (including phenoxy) is 1. The van der Waals surface area contributed by atoms with E-state index < -0.39 is 23.4 Å². The van der Waals surface area contributed by atoms with Crippen LogP contribution in [0.2, 0.25) is 0 Å². The highest BCUT2D eigenvalue weighted by atomic mass is 19.1. The summed E-state index contributed by atoms with van der Waals surface area (Å²) in [6.45, 7) is 2.05. The summed E-state index contributed by atoms with van der Waals surface area (Å²) in [5.74, 6) is -1.28. The summed E-state index contributed by atoms with van der Waals surface area (Å²) in [4.78, 5) is 23.6. The number of nitrogens with zero attached hydrogens (tertiary/aromatic N) is 1. The number of aromatic nitrogens is 1. The number of hydrogen-bond donors (Lipinski definition) is 2. The molecule has 128 valence electrons. The lowest BCUT2D eigenvalue weighted by atomic mass is 10.3. The fraction of sp³-hybridized carbons (Fsp3) is 0.250. The van der Waals surface area contributed by atoms with Gasteiger partial charge in [0.25, 0.3) is 5.56 Å². The smallest absolute Gasteiger partial charge is 0.319 e. The molecule has 0 spiro atoms. The lowest BCUT2D eigenvalue weighted by Crippen LogP contribution is -2.34. The van der Waals surface area contributed by atoms with Crippen molar-refractivity contribution < 1.29 is 18.3 Å². The monoisotopic (exact) mass is 337 g/mol. The number of carbonyl (C=O) groups is 1. The Labute approximate surface area is 137 Å². The molecule has 24 heavy (non-hydrogen) atoms. The first-order valence-electron chi connectivity index (χ1n) is 7.16. The molecule has 0 radical (unpaired) electrons. The zero-order chi connectivity index (χ0) is 17.7. The Morgan fingerprint density at radius 3 is 2.50 bits per heavy atom. The van der Waals surface area contributed by atoms with Crippen molar-refractivity contribution in [2.75, 3.05) is 19.0 Å². The van der Waals surface area contributed by atoms with Gasteiger partial charge in [-0.3, -0.25) is 4.79 Å². The van der Waals surface area contributed by atoms with E-state index in [0.29, 0.717) is 11.4 Å².